The average molecular weight is 269 g/mol. The summed E-state index contributed by atoms with van der Waals surface area (Å²) >= 11 is 0. The predicted octanol–water partition coefficient (Wildman–Crippen LogP) is 2.58. The largest absolute Gasteiger partial charge is 0.479 e. The number of likely N-dealkylation sites (N-methyl/N-ethyl adjacent to an activating group) is 1. The fraction of sp³-hybridized carbons (Fsp3) is 0.125. The van der Waals surface area contributed by atoms with Crippen LogP contribution in [0, 0.1) is 0 Å². The van der Waals surface area contributed by atoms with Gasteiger partial charge in [0.05, 0.1) is 0 Å². The average Bonchev–Trinajstić information content (AvgIpc) is 2.48. The number of nitrogens with zero attached hydrogens (tertiary/aromatic N) is 1. The zero-order chi connectivity index (χ0) is 14.5. The lowest BCUT2D eigenvalue weighted by Gasteiger charge is -2.25. The highest BCUT2D eigenvalue weighted by atomic mass is 16.4. The van der Waals surface area contributed by atoms with E-state index in [1.807, 2.05) is 6.07 Å². The standard InChI is InChI=1S/C16H15NO3/c1-17(15(18)13-10-6-3-7-11-13)14(16(19)20)12-8-4-2-5-9-12/h2-11,14H,1H3,(H,19,20). The Labute approximate surface area is 117 Å². The summed E-state index contributed by atoms with van der Waals surface area (Å²) in [5.74, 6) is -1.37. The van der Waals surface area contributed by atoms with Crippen LogP contribution in [0.1, 0.15) is 22.0 Å². The molecule has 0 aromatic heterocycles. The molecule has 1 N–H and O–H groups in total. The van der Waals surface area contributed by atoms with Crippen molar-refractivity contribution in [3.63, 3.8) is 0 Å². The number of carboxylic acid groups (broad SMARTS) is 1. The summed E-state index contributed by atoms with van der Waals surface area (Å²) in [7, 11) is 1.50. The van der Waals surface area contributed by atoms with Crippen LogP contribution in [0.5, 0.6) is 0 Å². The van der Waals surface area contributed by atoms with Crippen LogP contribution in [0.15, 0.2) is 60.7 Å². The molecule has 102 valence electrons. The van der Waals surface area contributed by atoms with Crippen molar-refractivity contribution in [2.24, 2.45) is 0 Å². The number of rotatable bonds is 4. The van der Waals surface area contributed by atoms with Crippen LogP contribution in [0.4, 0.5) is 0 Å². The first-order chi connectivity index (χ1) is 9.61. The van der Waals surface area contributed by atoms with Gasteiger partial charge in [-0.2, -0.15) is 0 Å². The van der Waals surface area contributed by atoms with Crippen molar-refractivity contribution in [2.75, 3.05) is 7.05 Å². The second-order valence-corrected chi connectivity index (χ2v) is 4.43. The van der Waals surface area contributed by atoms with E-state index in [-0.39, 0.29) is 5.91 Å². The van der Waals surface area contributed by atoms with E-state index < -0.39 is 12.0 Å². The minimum atomic E-state index is -1.05. The molecule has 4 nitrogen and oxygen atoms in total. The molecule has 2 rings (SSSR count). The van der Waals surface area contributed by atoms with Crippen molar-refractivity contribution in [2.45, 2.75) is 6.04 Å². The van der Waals surface area contributed by atoms with Gasteiger partial charge >= 0.3 is 5.97 Å². The molecule has 1 unspecified atom stereocenters. The summed E-state index contributed by atoms with van der Waals surface area (Å²) in [5.41, 5.74) is 1.05. The van der Waals surface area contributed by atoms with Gasteiger partial charge in [-0.25, -0.2) is 4.79 Å². The van der Waals surface area contributed by atoms with Gasteiger partial charge in [-0.05, 0) is 17.7 Å². The van der Waals surface area contributed by atoms with Gasteiger partial charge in [-0.15, -0.1) is 0 Å². The summed E-state index contributed by atoms with van der Waals surface area (Å²) in [4.78, 5) is 25.1. The Morgan fingerprint density at radius 3 is 1.95 bits per heavy atom. The van der Waals surface area contributed by atoms with E-state index in [0.717, 1.165) is 0 Å². The van der Waals surface area contributed by atoms with Gasteiger partial charge in [0, 0.05) is 12.6 Å². The van der Waals surface area contributed by atoms with Gasteiger partial charge in [-0.1, -0.05) is 48.5 Å². The number of amides is 1. The lowest BCUT2D eigenvalue weighted by Crippen LogP contribution is -2.35. The minimum absolute atomic E-state index is 0.318. The summed E-state index contributed by atoms with van der Waals surface area (Å²) < 4.78 is 0. The number of aliphatic carboxylic acids is 1. The molecule has 0 heterocycles. The van der Waals surface area contributed by atoms with Gasteiger partial charge in [0.25, 0.3) is 5.91 Å². The maximum Gasteiger partial charge on any atom is 0.331 e. The molecular weight excluding hydrogens is 254 g/mol. The number of carbonyl (C=O) groups is 2. The topological polar surface area (TPSA) is 57.6 Å². The molecule has 2 aromatic rings. The van der Waals surface area contributed by atoms with Crippen molar-refractivity contribution >= 4 is 11.9 Å². The Morgan fingerprint density at radius 2 is 1.45 bits per heavy atom. The first-order valence-electron chi connectivity index (χ1n) is 6.21. The molecule has 0 spiro atoms. The number of carbonyl (C=O) groups excluding carboxylic acids is 1. The maximum absolute atomic E-state index is 12.3. The SMILES string of the molecule is CN(C(=O)c1ccccc1)C(C(=O)O)c1ccccc1. The summed E-state index contributed by atoms with van der Waals surface area (Å²) in [6.07, 6.45) is 0. The normalized spacial score (nSPS) is 11.7. The van der Waals surface area contributed by atoms with Gasteiger partial charge in [0.15, 0.2) is 6.04 Å². The van der Waals surface area contributed by atoms with Gasteiger partial charge in [0.1, 0.15) is 0 Å². The van der Waals surface area contributed by atoms with E-state index >= 15 is 0 Å². The van der Waals surface area contributed by atoms with Crippen molar-refractivity contribution < 1.29 is 14.7 Å². The van der Waals surface area contributed by atoms with Crippen LogP contribution in [-0.2, 0) is 4.79 Å². The third kappa shape index (κ3) is 2.85. The molecule has 0 saturated heterocycles. The Morgan fingerprint density at radius 1 is 0.950 bits per heavy atom. The lowest BCUT2D eigenvalue weighted by atomic mass is 10.0. The Kier molecular flexibility index (Phi) is 4.15. The van der Waals surface area contributed by atoms with E-state index in [1.165, 1.54) is 11.9 Å². The molecule has 0 aliphatic carbocycles. The summed E-state index contributed by atoms with van der Waals surface area (Å²) in [6, 6.07) is 16.4. The number of benzene rings is 2. The molecule has 0 aliphatic rings. The molecular formula is C16H15NO3. The maximum atomic E-state index is 12.3. The number of carboxylic acids is 1. The summed E-state index contributed by atoms with van der Waals surface area (Å²) in [6.45, 7) is 0. The second-order valence-electron chi connectivity index (χ2n) is 4.43. The molecule has 1 atom stereocenters. The molecule has 0 saturated carbocycles. The Hall–Kier alpha value is -2.62. The molecule has 2 aromatic carbocycles. The van der Waals surface area contributed by atoms with Crippen molar-refractivity contribution in [1.29, 1.82) is 0 Å². The molecule has 0 aliphatic heterocycles. The highest BCUT2D eigenvalue weighted by Crippen LogP contribution is 2.21. The van der Waals surface area contributed by atoms with Crippen LogP contribution in [-0.4, -0.2) is 28.9 Å². The summed E-state index contributed by atoms with van der Waals surface area (Å²) in [5, 5.41) is 9.40. The van der Waals surface area contributed by atoms with Crippen LogP contribution < -0.4 is 0 Å². The number of hydrogen-bond acceptors (Lipinski definition) is 2. The smallest absolute Gasteiger partial charge is 0.331 e. The van der Waals surface area contributed by atoms with E-state index in [2.05, 4.69) is 0 Å². The van der Waals surface area contributed by atoms with Gasteiger partial charge in [0.2, 0.25) is 0 Å². The van der Waals surface area contributed by atoms with E-state index in [9.17, 15) is 14.7 Å². The highest BCUT2D eigenvalue weighted by Gasteiger charge is 2.28. The minimum Gasteiger partial charge on any atom is -0.479 e. The molecule has 20 heavy (non-hydrogen) atoms. The zero-order valence-corrected chi connectivity index (χ0v) is 11.1. The first-order valence-corrected chi connectivity index (χ1v) is 6.21. The molecule has 0 bridgehead atoms. The molecule has 0 fully saturated rings. The second kappa shape index (κ2) is 6.02. The van der Waals surface area contributed by atoms with E-state index in [1.54, 1.807) is 54.6 Å². The lowest BCUT2D eigenvalue weighted by molar-refractivity contribution is -0.142. The molecule has 0 radical (unpaired) electrons. The van der Waals surface area contributed by atoms with Crippen molar-refractivity contribution in [3.05, 3.63) is 71.8 Å². The third-order valence-electron chi connectivity index (χ3n) is 3.08. The van der Waals surface area contributed by atoms with Crippen molar-refractivity contribution in [1.82, 2.24) is 4.90 Å². The van der Waals surface area contributed by atoms with E-state index in [0.29, 0.717) is 11.1 Å². The van der Waals surface area contributed by atoms with Gasteiger partial charge in [-0.3, -0.25) is 4.79 Å². The van der Waals surface area contributed by atoms with Gasteiger partial charge < -0.3 is 10.0 Å². The first kappa shape index (κ1) is 13.8. The fourth-order valence-corrected chi connectivity index (χ4v) is 2.07. The quantitative estimate of drug-likeness (QED) is 0.928. The zero-order valence-electron chi connectivity index (χ0n) is 11.1. The Balaban J connectivity index is 2.31. The van der Waals surface area contributed by atoms with Crippen LogP contribution >= 0.6 is 0 Å². The molecule has 1 amide bonds. The Bertz CT molecular complexity index is 596. The van der Waals surface area contributed by atoms with E-state index in [4.69, 9.17) is 0 Å². The predicted molar refractivity (Wildman–Crippen MR) is 75.4 cm³/mol. The monoisotopic (exact) mass is 269 g/mol. The third-order valence-corrected chi connectivity index (χ3v) is 3.08. The number of hydrogen-bond donors (Lipinski definition) is 1. The fourth-order valence-electron chi connectivity index (χ4n) is 2.07. The van der Waals surface area contributed by atoms with Crippen LogP contribution in [0.2, 0.25) is 0 Å². The van der Waals surface area contributed by atoms with Crippen molar-refractivity contribution in [3.8, 4) is 0 Å². The highest BCUT2D eigenvalue weighted by molar-refractivity contribution is 5.96. The van der Waals surface area contributed by atoms with Crippen LogP contribution in [0.25, 0.3) is 0 Å². The van der Waals surface area contributed by atoms with Crippen LogP contribution in [0.3, 0.4) is 0 Å². The molecule has 4 heteroatoms.